The van der Waals surface area contributed by atoms with Crippen LogP contribution in [0.3, 0.4) is 0 Å². The number of phenolic OH excluding ortho intramolecular Hbond substituents is 1. The summed E-state index contributed by atoms with van der Waals surface area (Å²) in [5, 5.41) is 13.3. The number of carbonyl (C=O) groups excluding carboxylic acids is 1. The molecule has 124 valence electrons. The van der Waals surface area contributed by atoms with E-state index >= 15 is 0 Å². The number of anilines is 1. The molecule has 0 spiro atoms. The SMILES string of the molecule is COc1ccc([C@H](Nc2ccccc2O)[C@@H]2C=C(C)C(=O)O2)cc1. The first-order chi connectivity index (χ1) is 11.6. The number of rotatable bonds is 5. The number of benzene rings is 2. The van der Waals surface area contributed by atoms with E-state index in [-0.39, 0.29) is 17.8 Å². The molecule has 1 aliphatic heterocycles. The molecule has 2 N–H and O–H groups in total. The Balaban J connectivity index is 1.94. The highest BCUT2D eigenvalue weighted by molar-refractivity contribution is 5.90. The summed E-state index contributed by atoms with van der Waals surface area (Å²) < 4.78 is 10.6. The lowest BCUT2D eigenvalue weighted by atomic mass is 10.00. The molecule has 0 radical (unpaired) electrons. The number of para-hydroxylation sites is 2. The Morgan fingerprint density at radius 2 is 1.88 bits per heavy atom. The lowest BCUT2D eigenvalue weighted by molar-refractivity contribution is -0.140. The zero-order valence-electron chi connectivity index (χ0n) is 13.5. The van der Waals surface area contributed by atoms with Crippen molar-refractivity contribution in [2.75, 3.05) is 12.4 Å². The zero-order valence-corrected chi connectivity index (χ0v) is 13.5. The van der Waals surface area contributed by atoms with Gasteiger partial charge in [0.15, 0.2) is 0 Å². The van der Waals surface area contributed by atoms with Crippen LogP contribution in [0.4, 0.5) is 5.69 Å². The Hall–Kier alpha value is -2.95. The van der Waals surface area contributed by atoms with Crippen LogP contribution >= 0.6 is 0 Å². The van der Waals surface area contributed by atoms with Crippen molar-refractivity contribution in [2.24, 2.45) is 0 Å². The molecule has 0 aliphatic carbocycles. The Kier molecular flexibility index (Phi) is 4.42. The Morgan fingerprint density at radius 3 is 2.46 bits per heavy atom. The molecule has 0 unspecified atom stereocenters. The van der Waals surface area contributed by atoms with E-state index in [0.717, 1.165) is 11.3 Å². The van der Waals surface area contributed by atoms with E-state index in [2.05, 4.69) is 5.32 Å². The molecule has 0 saturated carbocycles. The fraction of sp³-hybridized carbons (Fsp3) is 0.211. The predicted octanol–water partition coefficient (Wildman–Crippen LogP) is 3.43. The monoisotopic (exact) mass is 325 g/mol. The molecule has 0 bridgehead atoms. The fourth-order valence-electron chi connectivity index (χ4n) is 2.66. The predicted molar refractivity (Wildman–Crippen MR) is 91.1 cm³/mol. The van der Waals surface area contributed by atoms with Crippen LogP contribution in [0.25, 0.3) is 0 Å². The molecule has 5 heteroatoms. The number of hydrogen-bond donors (Lipinski definition) is 2. The van der Waals surface area contributed by atoms with Gasteiger partial charge in [-0.15, -0.1) is 0 Å². The minimum Gasteiger partial charge on any atom is -0.506 e. The fourth-order valence-corrected chi connectivity index (χ4v) is 2.66. The minimum absolute atomic E-state index is 0.140. The van der Waals surface area contributed by atoms with E-state index in [0.29, 0.717) is 11.3 Å². The third-order valence-electron chi connectivity index (χ3n) is 4.00. The summed E-state index contributed by atoms with van der Waals surface area (Å²) in [6, 6.07) is 14.2. The maximum atomic E-state index is 11.8. The molecule has 1 heterocycles. The number of cyclic esters (lactones) is 1. The molecule has 2 atom stereocenters. The molecular formula is C19H19NO4. The molecule has 0 aromatic heterocycles. The molecule has 2 aromatic carbocycles. The van der Waals surface area contributed by atoms with Crippen molar-refractivity contribution in [3.63, 3.8) is 0 Å². The van der Waals surface area contributed by atoms with Crippen molar-refractivity contribution < 1.29 is 19.4 Å². The van der Waals surface area contributed by atoms with Crippen LogP contribution in [0.2, 0.25) is 0 Å². The first kappa shape index (κ1) is 15.9. The standard InChI is InChI=1S/C19H19NO4/c1-12-11-17(24-19(12)22)18(13-7-9-14(23-2)10-8-13)20-15-5-3-4-6-16(15)21/h3-11,17-18,20-21H,1-2H3/t17-,18-/m0/s1. The van der Waals surface area contributed by atoms with Crippen LogP contribution in [0.5, 0.6) is 11.5 Å². The summed E-state index contributed by atoms with van der Waals surface area (Å²) >= 11 is 0. The highest BCUT2D eigenvalue weighted by Gasteiger charge is 2.31. The van der Waals surface area contributed by atoms with E-state index < -0.39 is 6.10 Å². The second-order valence-corrected chi connectivity index (χ2v) is 5.63. The van der Waals surface area contributed by atoms with E-state index in [1.807, 2.05) is 30.3 Å². The summed E-state index contributed by atoms with van der Waals surface area (Å²) in [7, 11) is 1.61. The number of esters is 1. The van der Waals surface area contributed by atoms with Gasteiger partial charge in [0.1, 0.15) is 17.6 Å². The number of ether oxygens (including phenoxy) is 2. The molecule has 24 heavy (non-hydrogen) atoms. The average Bonchev–Trinajstić information content (AvgIpc) is 2.93. The Bertz CT molecular complexity index is 767. The summed E-state index contributed by atoms with van der Waals surface area (Å²) in [5.74, 6) is 0.564. The normalized spacial score (nSPS) is 17.8. The van der Waals surface area contributed by atoms with Gasteiger partial charge in [0.25, 0.3) is 0 Å². The number of hydrogen-bond acceptors (Lipinski definition) is 5. The molecule has 1 aliphatic rings. The third-order valence-corrected chi connectivity index (χ3v) is 4.00. The van der Waals surface area contributed by atoms with Gasteiger partial charge in [-0.3, -0.25) is 0 Å². The number of nitrogens with one attached hydrogen (secondary N) is 1. The number of phenols is 1. The summed E-state index contributed by atoms with van der Waals surface area (Å²) in [4.78, 5) is 11.8. The smallest absolute Gasteiger partial charge is 0.334 e. The molecule has 2 aromatic rings. The van der Waals surface area contributed by atoms with Gasteiger partial charge in [-0.05, 0) is 42.8 Å². The topological polar surface area (TPSA) is 67.8 Å². The minimum atomic E-state index is -0.453. The van der Waals surface area contributed by atoms with Gasteiger partial charge in [-0.1, -0.05) is 24.3 Å². The maximum absolute atomic E-state index is 11.8. The van der Waals surface area contributed by atoms with E-state index in [9.17, 15) is 9.90 Å². The van der Waals surface area contributed by atoms with Crippen LogP contribution in [0.15, 0.2) is 60.2 Å². The Morgan fingerprint density at radius 1 is 1.17 bits per heavy atom. The maximum Gasteiger partial charge on any atom is 0.334 e. The van der Waals surface area contributed by atoms with Crippen LogP contribution < -0.4 is 10.1 Å². The van der Waals surface area contributed by atoms with Gasteiger partial charge in [0.2, 0.25) is 0 Å². The van der Waals surface area contributed by atoms with Crippen LogP contribution in [0.1, 0.15) is 18.5 Å². The van der Waals surface area contributed by atoms with Crippen molar-refractivity contribution >= 4 is 11.7 Å². The van der Waals surface area contributed by atoms with Gasteiger partial charge in [-0.25, -0.2) is 4.79 Å². The van der Waals surface area contributed by atoms with E-state index in [4.69, 9.17) is 9.47 Å². The molecular weight excluding hydrogens is 306 g/mol. The molecule has 3 rings (SSSR count). The van der Waals surface area contributed by atoms with Gasteiger partial charge >= 0.3 is 5.97 Å². The second-order valence-electron chi connectivity index (χ2n) is 5.63. The van der Waals surface area contributed by atoms with Crippen LogP contribution in [-0.4, -0.2) is 24.3 Å². The summed E-state index contributed by atoms with van der Waals surface area (Å²) in [5.41, 5.74) is 2.08. The van der Waals surface area contributed by atoms with Gasteiger partial charge in [-0.2, -0.15) is 0 Å². The van der Waals surface area contributed by atoms with Gasteiger partial charge < -0.3 is 19.9 Å². The van der Waals surface area contributed by atoms with Gasteiger partial charge in [0.05, 0.1) is 18.8 Å². The van der Waals surface area contributed by atoms with Crippen LogP contribution in [-0.2, 0) is 9.53 Å². The number of aromatic hydroxyl groups is 1. The molecule has 5 nitrogen and oxygen atoms in total. The first-order valence-electron chi connectivity index (χ1n) is 7.66. The highest BCUT2D eigenvalue weighted by Crippen LogP contribution is 2.33. The zero-order chi connectivity index (χ0) is 17.1. The lowest BCUT2D eigenvalue weighted by Gasteiger charge is -2.25. The molecule has 0 amide bonds. The van der Waals surface area contributed by atoms with E-state index in [1.165, 1.54) is 0 Å². The number of carbonyl (C=O) groups is 1. The first-order valence-corrected chi connectivity index (χ1v) is 7.66. The third kappa shape index (κ3) is 3.20. The Labute approximate surface area is 140 Å². The summed E-state index contributed by atoms with van der Waals surface area (Å²) in [6.07, 6.45) is 1.34. The van der Waals surface area contributed by atoms with Crippen molar-refractivity contribution in [3.8, 4) is 11.5 Å². The molecule has 0 fully saturated rings. The quantitative estimate of drug-likeness (QED) is 0.651. The second kappa shape index (κ2) is 6.66. The van der Waals surface area contributed by atoms with Crippen molar-refractivity contribution in [2.45, 2.75) is 19.1 Å². The van der Waals surface area contributed by atoms with Crippen molar-refractivity contribution in [3.05, 3.63) is 65.7 Å². The summed E-state index contributed by atoms with van der Waals surface area (Å²) in [6.45, 7) is 1.73. The van der Waals surface area contributed by atoms with Gasteiger partial charge in [0, 0.05) is 5.57 Å². The molecule has 0 saturated heterocycles. The average molecular weight is 325 g/mol. The van der Waals surface area contributed by atoms with Crippen molar-refractivity contribution in [1.29, 1.82) is 0 Å². The lowest BCUT2D eigenvalue weighted by Crippen LogP contribution is -2.25. The number of methoxy groups -OCH3 is 1. The highest BCUT2D eigenvalue weighted by atomic mass is 16.5. The van der Waals surface area contributed by atoms with Crippen molar-refractivity contribution in [1.82, 2.24) is 0 Å². The van der Waals surface area contributed by atoms with E-state index in [1.54, 1.807) is 38.3 Å². The largest absolute Gasteiger partial charge is 0.506 e. The van der Waals surface area contributed by atoms with Crippen LogP contribution in [0, 0.1) is 0 Å².